The molecule has 2 N–H and O–H groups in total. The number of benzene rings is 3. The summed E-state index contributed by atoms with van der Waals surface area (Å²) in [5.41, 5.74) is 5.71. The summed E-state index contributed by atoms with van der Waals surface area (Å²) in [5, 5.41) is 6.79. The number of oxazole rings is 1. The Morgan fingerprint density at radius 2 is 1.69 bits per heavy atom. The highest BCUT2D eigenvalue weighted by Gasteiger charge is 2.19. The minimum absolute atomic E-state index is 0.0807. The molecular formula is C28H25N3O3S. The number of anilines is 1. The van der Waals surface area contributed by atoms with Crippen molar-refractivity contribution in [1.82, 2.24) is 10.3 Å². The van der Waals surface area contributed by atoms with E-state index in [9.17, 15) is 4.79 Å². The van der Waals surface area contributed by atoms with E-state index in [1.165, 1.54) is 5.56 Å². The second-order valence-electron chi connectivity index (χ2n) is 9.49. The third-order valence-electron chi connectivity index (χ3n) is 5.92. The van der Waals surface area contributed by atoms with Gasteiger partial charge in [0.2, 0.25) is 5.89 Å². The van der Waals surface area contributed by atoms with E-state index in [1.54, 1.807) is 0 Å². The number of aromatic nitrogens is 1. The number of nitrogens with one attached hydrogen (secondary N) is 2. The van der Waals surface area contributed by atoms with E-state index in [0.29, 0.717) is 28.3 Å². The van der Waals surface area contributed by atoms with Crippen molar-refractivity contribution < 1.29 is 13.6 Å². The fourth-order valence-electron chi connectivity index (χ4n) is 3.95. The van der Waals surface area contributed by atoms with Gasteiger partial charge in [0, 0.05) is 22.2 Å². The van der Waals surface area contributed by atoms with Crippen LogP contribution in [0.15, 0.2) is 75.6 Å². The van der Waals surface area contributed by atoms with Crippen molar-refractivity contribution in [3.8, 4) is 11.5 Å². The van der Waals surface area contributed by atoms with Gasteiger partial charge >= 0.3 is 0 Å². The molecule has 2 heterocycles. The largest absolute Gasteiger partial charge is 0.451 e. The summed E-state index contributed by atoms with van der Waals surface area (Å²) >= 11 is 5.35. The maximum atomic E-state index is 12.7. The summed E-state index contributed by atoms with van der Waals surface area (Å²) in [6.45, 7) is 8.39. The van der Waals surface area contributed by atoms with E-state index in [-0.39, 0.29) is 16.3 Å². The van der Waals surface area contributed by atoms with Gasteiger partial charge in [-0.25, -0.2) is 4.98 Å². The number of amides is 1. The predicted molar refractivity (Wildman–Crippen MR) is 143 cm³/mol. The summed E-state index contributed by atoms with van der Waals surface area (Å²) in [7, 11) is 0. The number of thiocarbonyl (C=S) groups is 1. The summed E-state index contributed by atoms with van der Waals surface area (Å²) < 4.78 is 11.7. The lowest BCUT2D eigenvalue weighted by atomic mass is 9.87. The van der Waals surface area contributed by atoms with Crippen molar-refractivity contribution in [2.45, 2.75) is 33.1 Å². The molecule has 0 fully saturated rings. The van der Waals surface area contributed by atoms with Crippen LogP contribution in [0, 0.1) is 6.92 Å². The first kappa shape index (κ1) is 22.8. The highest BCUT2D eigenvalue weighted by Crippen LogP contribution is 2.29. The molecule has 0 bridgehead atoms. The van der Waals surface area contributed by atoms with Crippen LogP contribution in [0.25, 0.3) is 33.5 Å². The smallest absolute Gasteiger partial charge is 0.293 e. The third kappa shape index (κ3) is 4.55. The quantitative estimate of drug-likeness (QED) is 0.270. The minimum atomic E-state index is -0.403. The van der Waals surface area contributed by atoms with Gasteiger partial charge in [0.05, 0.1) is 0 Å². The standard InChI is InChI=1S/C28H25N3O3S/c1-16-20-7-5-6-8-22(20)33-24(16)25(32)31-27(35)29-19-13-14-23-21(15-19)30-26(34-23)17-9-11-18(12-10-17)28(2,3)4/h5-15H,1-4H3,(H2,29,31,32,35). The van der Waals surface area contributed by atoms with Crippen LogP contribution < -0.4 is 10.6 Å². The Labute approximate surface area is 208 Å². The van der Waals surface area contributed by atoms with E-state index in [4.69, 9.17) is 21.1 Å². The molecule has 0 saturated heterocycles. The molecule has 0 radical (unpaired) electrons. The molecule has 0 saturated carbocycles. The third-order valence-corrected chi connectivity index (χ3v) is 6.12. The van der Waals surface area contributed by atoms with Gasteiger partial charge in [-0.15, -0.1) is 0 Å². The monoisotopic (exact) mass is 483 g/mol. The Morgan fingerprint density at radius 3 is 2.40 bits per heavy atom. The van der Waals surface area contributed by atoms with Crippen molar-refractivity contribution in [2.75, 3.05) is 5.32 Å². The molecule has 0 unspecified atom stereocenters. The van der Waals surface area contributed by atoms with Crippen LogP contribution >= 0.6 is 12.2 Å². The van der Waals surface area contributed by atoms with Crippen molar-refractivity contribution in [2.24, 2.45) is 0 Å². The Hall–Kier alpha value is -3.97. The first-order chi connectivity index (χ1) is 16.7. The number of furan rings is 1. The highest BCUT2D eigenvalue weighted by atomic mass is 32.1. The maximum absolute atomic E-state index is 12.7. The van der Waals surface area contributed by atoms with Gasteiger partial charge in [-0.2, -0.15) is 0 Å². The van der Waals surface area contributed by atoms with Crippen molar-refractivity contribution in [3.05, 3.63) is 83.6 Å². The lowest BCUT2D eigenvalue weighted by Gasteiger charge is -2.18. The molecule has 0 spiro atoms. The Balaban J connectivity index is 1.31. The molecule has 3 aromatic carbocycles. The number of hydrogen-bond acceptors (Lipinski definition) is 5. The minimum Gasteiger partial charge on any atom is -0.451 e. The zero-order valence-electron chi connectivity index (χ0n) is 19.9. The van der Waals surface area contributed by atoms with E-state index >= 15 is 0 Å². The molecule has 2 aromatic heterocycles. The molecule has 0 atom stereocenters. The van der Waals surface area contributed by atoms with E-state index < -0.39 is 5.91 Å². The van der Waals surface area contributed by atoms with Crippen LogP contribution in [-0.2, 0) is 5.41 Å². The first-order valence-corrected chi connectivity index (χ1v) is 11.7. The first-order valence-electron chi connectivity index (χ1n) is 11.3. The molecule has 176 valence electrons. The average molecular weight is 484 g/mol. The van der Waals surface area contributed by atoms with Gasteiger partial charge in [0.25, 0.3) is 5.91 Å². The molecule has 35 heavy (non-hydrogen) atoms. The van der Waals surface area contributed by atoms with E-state index in [2.05, 4.69) is 48.5 Å². The number of aryl methyl sites for hydroxylation is 1. The molecule has 5 rings (SSSR count). The maximum Gasteiger partial charge on any atom is 0.293 e. The summed E-state index contributed by atoms with van der Waals surface area (Å²) in [4.78, 5) is 17.4. The number of rotatable bonds is 3. The lowest BCUT2D eigenvalue weighted by Crippen LogP contribution is -2.34. The SMILES string of the molecule is Cc1c(C(=O)NC(=S)Nc2ccc3oc(-c4ccc(C(C)(C)C)cc4)nc3c2)oc2ccccc12. The second kappa shape index (κ2) is 8.67. The second-order valence-corrected chi connectivity index (χ2v) is 9.90. The number of hydrogen-bond donors (Lipinski definition) is 2. The average Bonchev–Trinajstić information content (AvgIpc) is 3.39. The summed E-state index contributed by atoms with van der Waals surface area (Å²) in [6, 6.07) is 21.2. The van der Waals surface area contributed by atoms with Crippen LogP contribution in [0.3, 0.4) is 0 Å². The zero-order valence-corrected chi connectivity index (χ0v) is 20.7. The molecule has 0 aliphatic heterocycles. The highest BCUT2D eigenvalue weighted by molar-refractivity contribution is 7.80. The fraction of sp³-hybridized carbons (Fsp3) is 0.179. The predicted octanol–water partition coefficient (Wildman–Crippen LogP) is 6.97. The fourth-order valence-corrected chi connectivity index (χ4v) is 4.17. The van der Waals surface area contributed by atoms with Crippen LogP contribution in [-0.4, -0.2) is 16.0 Å². The van der Waals surface area contributed by atoms with Crippen molar-refractivity contribution in [1.29, 1.82) is 0 Å². The Kier molecular flexibility index (Phi) is 5.65. The van der Waals surface area contributed by atoms with Crippen LogP contribution in [0.1, 0.15) is 42.5 Å². The summed E-state index contributed by atoms with van der Waals surface area (Å²) in [5.74, 6) is 0.387. The molecule has 7 heteroatoms. The number of para-hydroxylation sites is 1. The zero-order chi connectivity index (χ0) is 24.7. The Bertz CT molecular complexity index is 1570. The number of nitrogens with zero attached hydrogens (tertiary/aromatic N) is 1. The van der Waals surface area contributed by atoms with Gasteiger partial charge < -0.3 is 14.2 Å². The van der Waals surface area contributed by atoms with Gasteiger partial charge in [-0.1, -0.05) is 51.1 Å². The van der Waals surface area contributed by atoms with Gasteiger partial charge in [-0.05, 0) is 66.5 Å². The van der Waals surface area contributed by atoms with Crippen LogP contribution in [0.2, 0.25) is 0 Å². The molecular weight excluding hydrogens is 458 g/mol. The lowest BCUT2D eigenvalue weighted by molar-refractivity contribution is 0.0952. The normalized spacial score (nSPS) is 11.7. The van der Waals surface area contributed by atoms with Crippen LogP contribution in [0.5, 0.6) is 0 Å². The van der Waals surface area contributed by atoms with Crippen molar-refractivity contribution in [3.63, 3.8) is 0 Å². The van der Waals surface area contributed by atoms with Gasteiger partial charge in [-0.3, -0.25) is 10.1 Å². The van der Waals surface area contributed by atoms with Gasteiger partial charge in [0.1, 0.15) is 11.1 Å². The molecule has 5 aromatic rings. The molecule has 0 aliphatic carbocycles. The molecule has 6 nitrogen and oxygen atoms in total. The number of carbonyl (C=O) groups is 1. The number of fused-ring (bicyclic) bond motifs is 2. The van der Waals surface area contributed by atoms with Gasteiger partial charge in [0.15, 0.2) is 16.5 Å². The van der Waals surface area contributed by atoms with Crippen molar-refractivity contribution >= 4 is 51.0 Å². The topological polar surface area (TPSA) is 80.3 Å². The van der Waals surface area contributed by atoms with E-state index in [0.717, 1.165) is 16.5 Å². The van der Waals surface area contributed by atoms with Crippen LogP contribution in [0.4, 0.5) is 5.69 Å². The molecule has 1 amide bonds. The number of carbonyl (C=O) groups excluding carboxylic acids is 1. The summed E-state index contributed by atoms with van der Waals surface area (Å²) in [6.07, 6.45) is 0. The van der Waals surface area contributed by atoms with E-state index in [1.807, 2.05) is 61.5 Å². The Morgan fingerprint density at radius 1 is 0.943 bits per heavy atom. The molecule has 0 aliphatic rings.